The van der Waals surface area contributed by atoms with Gasteiger partial charge in [-0.2, -0.15) is 0 Å². The number of phenols is 2. The summed E-state index contributed by atoms with van der Waals surface area (Å²) < 4.78 is 58.2. The quantitative estimate of drug-likeness (QED) is 0.0513. The highest BCUT2D eigenvalue weighted by Gasteiger charge is 2.56. The maximum absolute atomic E-state index is 17.3. The molecule has 4 aliphatic carbocycles. The molecule has 13 unspecified atom stereocenters. The van der Waals surface area contributed by atoms with Crippen molar-refractivity contribution in [2.75, 3.05) is 26.4 Å². The van der Waals surface area contributed by atoms with Crippen LogP contribution in [-0.2, 0) is 71.6 Å². The number of phenolic OH excluding ortho intramolecular Hbond substituents is 2. The summed E-state index contributed by atoms with van der Waals surface area (Å²) >= 11 is 15.0. The second-order valence-electron chi connectivity index (χ2n) is 33.8. The summed E-state index contributed by atoms with van der Waals surface area (Å²) in [6, 6.07) is -8.17. The molecule has 0 radical (unpaired) electrons. The van der Waals surface area contributed by atoms with Crippen LogP contribution in [0, 0.1) is 17.8 Å². The van der Waals surface area contributed by atoms with Gasteiger partial charge in [-0.1, -0.05) is 55.3 Å². The number of fused-ring (bicyclic) bond motifs is 14. The molecule has 9 aliphatic heterocycles. The van der Waals surface area contributed by atoms with Crippen molar-refractivity contribution in [3.63, 3.8) is 0 Å². The maximum Gasteiger partial charge on any atom is 0.330 e. The number of benzene rings is 3. The standard InChI is InChI=1S/C86H99Cl2N9O34/c1-29-12-33-14-45(88)72(29)125-52-21-38-20-51(75(52)131-83-63(92-56(107)13-30(2)102)69(112)66(109)54(27-100)127-83)124-49-11-8-35(18-44(49)87)74(130-82-62(90-32(4)103)68(111)65(108)53(26-99)126-82)64-79(118)95-61(81(120)121)43-24-48(106)31(3)73(129-84-71(114)70(113)67(110)55(28-101)128-84)57(43)42-22-39(9-6-36(42)25-98)86(5,85(122)96-64)97-80(119)60(38)94-78(117)59-37-16-40(104)23-41(17-37)123-50-19-34(7-10-47(50)105)58(89)77(116)91-46(15-33)76(115)93-59/h6-11,14,16-17,19-21,23-24,29,31,42,44,46,48,53-55,58-71,74,82-84,98-101,104-106,108-114H,12-13,15,18,22,25-28,89H2,1-5H3,(H,90,103)(H,91,116)(H,92,107)(H,93,115)(H,94,117)(H,95,118)(H,96,122)(H,97,119)(H,120,121)/t29?,31?,42?,44-,46+,48?,53?,54?,55?,58+,59-,60+,61-,62?,63?,64-,65+,66+,67+,68?,69?,70?,71?,74+,82-,83-,84+,86+/m0/s1. The first-order chi connectivity index (χ1) is 62.1. The molecule has 28 atom stereocenters. The highest BCUT2D eigenvalue weighted by atomic mass is 35.5. The second kappa shape index (κ2) is 39.0. The molecule has 43 nitrogen and oxygen atoms in total. The minimum absolute atomic E-state index is 0.0333. The zero-order chi connectivity index (χ0) is 94.7. The third-order valence-electron chi connectivity index (χ3n) is 24.7. The fourth-order valence-electron chi connectivity index (χ4n) is 17.6. The molecule has 131 heavy (non-hydrogen) atoms. The SMILES string of the molecule is CC(=O)CC(=O)NC1C(O)[C@H](O)C(CO)O[C@H]1Oc1c2cc3cc1OC1=C(Cl)C=C(CC1C)C[C@H]1NC(=O)[C@H](N)c4ccc(O)c(c4)Oc4cc(O)cc(c4)[C@H](NC1=O)C(=O)N[C@H]3C(=O)N[C@@]1(C)C(=O)N[C@H](C(=O)N[C@H](C(=O)O)C3=CC(O)C(C)C(O[C@H]4OC(CO)[C@@H](O)C(O)C4O)=C3C3CC1=CC=C3CO)[C@H](O[C@@H]1OC(CO)[C@@H](O)C(O)C1NC(C)=O)C1=CC=C(O2)[C@@H](Cl)C1. The topological polar surface area (TPSA) is 679 Å². The number of hydrogen-bond acceptors (Lipinski definition) is 34. The van der Waals surface area contributed by atoms with Crippen molar-refractivity contribution >= 4 is 82.2 Å². The average Bonchev–Trinajstić information content (AvgIpc) is 0.742. The van der Waals surface area contributed by atoms with Crippen LogP contribution in [0.1, 0.15) is 102 Å². The molecule has 3 aromatic rings. The van der Waals surface area contributed by atoms with Gasteiger partial charge in [-0.3, -0.25) is 43.2 Å². The first-order valence-corrected chi connectivity index (χ1v) is 42.5. The number of aromatic hydroxyl groups is 2. The molecule has 17 bridgehead atoms. The fourth-order valence-corrected chi connectivity index (χ4v) is 18.3. The highest BCUT2D eigenvalue weighted by molar-refractivity contribution is 6.31. The van der Waals surface area contributed by atoms with Gasteiger partial charge in [0.15, 0.2) is 35.3 Å². The Balaban J connectivity index is 1.06. The monoisotopic (exact) mass is 1870 g/mol. The van der Waals surface area contributed by atoms with Gasteiger partial charge in [0.1, 0.15) is 150 Å². The van der Waals surface area contributed by atoms with Crippen molar-refractivity contribution in [2.45, 2.75) is 218 Å². The number of aliphatic hydroxyl groups excluding tert-OH is 12. The van der Waals surface area contributed by atoms with Gasteiger partial charge < -0.3 is 167 Å². The number of carboxylic acids is 1. The summed E-state index contributed by atoms with van der Waals surface area (Å²) in [4.78, 5) is 152. The molecule has 9 heterocycles. The Kier molecular flexibility index (Phi) is 28.6. The maximum atomic E-state index is 17.3. The Hall–Kier alpha value is -11.0. The van der Waals surface area contributed by atoms with E-state index in [2.05, 4.69) is 42.5 Å². The van der Waals surface area contributed by atoms with Crippen LogP contribution in [0.3, 0.4) is 0 Å². The molecule has 0 saturated carbocycles. The Labute approximate surface area is 754 Å². The number of ketones is 1. The van der Waals surface area contributed by atoms with Crippen LogP contribution in [0.25, 0.3) is 0 Å². The summed E-state index contributed by atoms with van der Waals surface area (Å²) in [5.74, 6) is -21.9. The van der Waals surface area contributed by atoms with Crippen LogP contribution in [0.15, 0.2) is 141 Å². The summed E-state index contributed by atoms with van der Waals surface area (Å²) in [6.45, 7) is 1.94. The fraction of sp³-hybridized carbons (Fsp3) is 0.488. The van der Waals surface area contributed by atoms with E-state index in [1.165, 1.54) is 43.4 Å². The normalized spacial score (nSPS) is 35.1. The number of carbonyl (C=O) groups is 10. The Morgan fingerprint density at radius 2 is 1.25 bits per heavy atom. The third kappa shape index (κ3) is 19.5. The minimum Gasteiger partial charge on any atom is -0.508 e. The van der Waals surface area contributed by atoms with Gasteiger partial charge in [-0.05, 0) is 133 Å². The minimum atomic E-state index is -2.91. The molecule has 8 amide bonds. The molecular formula is C86H99Cl2N9O34. The number of amides is 8. The third-order valence-corrected chi connectivity index (χ3v) is 25.3. The number of nitrogens with one attached hydrogen (secondary N) is 8. The lowest BCUT2D eigenvalue weighted by atomic mass is 9.69. The van der Waals surface area contributed by atoms with Crippen LogP contribution in [-0.4, -0.2) is 295 Å². The van der Waals surface area contributed by atoms with E-state index < -0.39 is 332 Å². The molecule has 4 fully saturated rings. The van der Waals surface area contributed by atoms with Crippen LogP contribution in [0.4, 0.5) is 0 Å². The Morgan fingerprint density at radius 3 is 1.89 bits per heavy atom. The van der Waals surface area contributed by atoms with E-state index >= 15 is 24.0 Å². The van der Waals surface area contributed by atoms with Gasteiger partial charge in [0.25, 0.3) is 5.91 Å². The molecule has 25 N–H and O–H groups in total. The lowest BCUT2D eigenvalue weighted by molar-refractivity contribution is -0.293. The van der Waals surface area contributed by atoms with E-state index in [0.717, 1.165) is 69.3 Å². The van der Waals surface area contributed by atoms with Gasteiger partial charge in [-0.15, -0.1) is 11.6 Å². The number of aliphatic hydroxyl groups is 12. The Bertz CT molecular complexity index is 5350. The van der Waals surface area contributed by atoms with Gasteiger partial charge in [0, 0.05) is 36.3 Å². The van der Waals surface area contributed by atoms with Crippen LogP contribution in [0.2, 0.25) is 0 Å². The van der Waals surface area contributed by atoms with Crippen LogP contribution >= 0.6 is 23.2 Å². The van der Waals surface area contributed by atoms with Crippen molar-refractivity contribution < 1.29 is 167 Å². The molecule has 0 spiro atoms. The molecule has 3 aromatic carbocycles. The number of allylic oxidation sites excluding steroid dienone is 8. The molecule has 706 valence electrons. The predicted molar refractivity (Wildman–Crippen MR) is 445 cm³/mol. The number of aliphatic carboxylic acids is 1. The van der Waals surface area contributed by atoms with Crippen LogP contribution in [0.5, 0.6) is 40.2 Å². The zero-order valence-corrected chi connectivity index (χ0v) is 71.8. The van der Waals surface area contributed by atoms with Crippen LogP contribution < -0.4 is 67.2 Å². The number of alkyl halides is 1. The highest BCUT2D eigenvalue weighted by Crippen LogP contribution is 2.51. The number of halogens is 2. The molecule has 0 aromatic heterocycles. The molecule has 13 aliphatic rings. The average molecular weight is 1870 g/mol. The van der Waals surface area contributed by atoms with Crippen molar-refractivity contribution in [2.24, 2.45) is 23.5 Å². The molecule has 16 rings (SSSR count). The zero-order valence-electron chi connectivity index (χ0n) is 70.3. The predicted octanol–water partition coefficient (Wildman–Crippen LogP) is -3.76. The first kappa shape index (κ1) is 96.0. The lowest BCUT2D eigenvalue weighted by Crippen LogP contribution is -2.68. The summed E-state index contributed by atoms with van der Waals surface area (Å²) in [5.41, 5.74) is 1.56. The van der Waals surface area contributed by atoms with E-state index in [4.69, 9.17) is 71.6 Å². The second-order valence-corrected chi connectivity index (χ2v) is 34.8. The van der Waals surface area contributed by atoms with E-state index in [9.17, 15) is 101 Å². The number of nitrogens with two attached hydrogens (primary N) is 1. The summed E-state index contributed by atoms with van der Waals surface area (Å²) in [6.07, 6.45) is -26.3. The first-order valence-electron chi connectivity index (χ1n) is 41.7. The van der Waals surface area contributed by atoms with Crippen molar-refractivity contribution in [1.29, 1.82) is 0 Å². The Morgan fingerprint density at radius 1 is 0.626 bits per heavy atom. The number of hydrogen-bond donors (Lipinski definition) is 24. The van der Waals surface area contributed by atoms with Crippen molar-refractivity contribution in [1.82, 2.24) is 42.5 Å². The number of rotatable bonds is 15. The van der Waals surface area contributed by atoms with Gasteiger partial charge in [0.05, 0.1) is 49.4 Å². The van der Waals surface area contributed by atoms with Crippen molar-refractivity contribution in [3.05, 3.63) is 157 Å². The van der Waals surface area contributed by atoms with E-state index in [0.29, 0.717) is 5.57 Å². The van der Waals surface area contributed by atoms with Gasteiger partial charge >= 0.3 is 5.97 Å². The molecule has 45 heteroatoms. The molecule has 4 saturated heterocycles. The number of ether oxygens (including phenoxy) is 9. The summed E-state index contributed by atoms with van der Waals surface area (Å²) in [7, 11) is 0. The molecular weight excluding hydrogens is 1770 g/mol. The largest absolute Gasteiger partial charge is 0.508 e. The summed E-state index contributed by atoms with van der Waals surface area (Å²) in [5, 5.41) is 190. The van der Waals surface area contributed by atoms with E-state index in [1.54, 1.807) is 6.92 Å². The number of Topliss-reactive ketones (excluding diaryl/α,β-unsaturated/α-hetero) is 1. The number of carbonyl (C=O) groups excluding carboxylic acids is 9. The van der Waals surface area contributed by atoms with Gasteiger partial charge in [-0.25, -0.2) is 4.79 Å². The number of carboxylic acid groups (broad SMARTS) is 1. The van der Waals surface area contributed by atoms with E-state index in [1.807, 2.05) is 0 Å². The van der Waals surface area contributed by atoms with Gasteiger partial charge in [0.2, 0.25) is 59.7 Å². The van der Waals surface area contributed by atoms with Crippen molar-refractivity contribution in [3.8, 4) is 40.2 Å². The van der Waals surface area contributed by atoms with E-state index in [-0.39, 0.29) is 62.1 Å². The lowest BCUT2D eigenvalue weighted by Gasteiger charge is -2.45. The smallest absolute Gasteiger partial charge is 0.330 e.